The SMILES string of the molecule is CCCCCN=C1N(CCC2=CCCCC2)CC(=O)[C@H](CC(C)C)N1C(=O)OC(C)(C)C. The van der Waals surface area contributed by atoms with E-state index in [4.69, 9.17) is 9.73 Å². The van der Waals surface area contributed by atoms with Crippen LogP contribution in [0.25, 0.3) is 0 Å². The third-order valence-corrected chi connectivity index (χ3v) is 5.92. The third-order valence-electron chi connectivity index (χ3n) is 5.92. The zero-order valence-electron chi connectivity index (χ0n) is 21.3. The van der Waals surface area contributed by atoms with Gasteiger partial charge >= 0.3 is 6.09 Å². The van der Waals surface area contributed by atoms with Crippen LogP contribution in [0, 0.1) is 5.92 Å². The van der Waals surface area contributed by atoms with Crippen molar-refractivity contribution in [3.8, 4) is 0 Å². The number of Topliss-reactive ketones (excluding diaryl/α,β-unsaturated/α-hetero) is 1. The molecule has 1 fully saturated rings. The minimum atomic E-state index is -0.634. The fourth-order valence-corrected chi connectivity index (χ4v) is 4.31. The Morgan fingerprint density at radius 3 is 2.59 bits per heavy atom. The predicted molar refractivity (Wildman–Crippen MR) is 131 cm³/mol. The van der Waals surface area contributed by atoms with Gasteiger partial charge in [-0.05, 0) is 71.6 Å². The van der Waals surface area contributed by atoms with E-state index in [9.17, 15) is 9.59 Å². The Morgan fingerprint density at radius 2 is 2.00 bits per heavy atom. The van der Waals surface area contributed by atoms with Gasteiger partial charge in [-0.3, -0.25) is 9.79 Å². The summed E-state index contributed by atoms with van der Waals surface area (Å²) in [4.78, 5) is 35.0. The second kappa shape index (κ2) is 12.4. The molecule has 1 aliphatic heterocycles. The molecule has 6 nitrogen and oxygen atoms in total. The van der Waals surface area contributed by atoms with Crippen LogP contribution >= 0.6 is 0 Å². The summed E-state index contributed by atoms with van der Waals surface area (Å²) >= 11 is 0. The van der Waals surface area contributed by atoms with E-state index in [-0.39, 0.29) is 11.7 Å². The number of unbranched alkanes of at least 4 members (excludes halogenated alkanes) is 2. The summed E-state index contributed by atoms with van der Waals surface area (Å²) < 4.78 is 5.75. The lowest BCUT2D eigenvalue weighted by Crippen LogP contribution is -2.63. The summed E-state index contributed by atoms with van der Waals surface area (Å²) in [5.74, 6) is 0.987. The number of nitrogens with zero attached hydrogens (tertiary/aromatic N) is 3. The molecule has 0 aromatic carbocycles. The van der Waals surface area contributed by atoms with Crippen LogP contribution in [0.1, 0.15) is 99.3 Å². The number of rotatable bonds is 9. The van der Waals surface area contributed by atoms with Crippen molar-refractivity contribution < 1.29 is 14.3 Å². The van der Waals surface area contributed by atoms with E-state index >= 15 is 0 Å². The van der Waals surface area contributed by atoms with Crippen molar-refractivity contribution in [2.75, 3.05) is 19.6 Å². The van der Waals surface area contributed by atoms with Crippen LogP contribution in [-0.4, -0.2) is 58.9 Å². The first-order valence-electron chi connectivity index (χ1n) is 12.6. The van der Waals surface area contributed by atoms with Crippen LogP contribution in [0.2, 0.25) is 0 Å². The zero-order chi connectivity index (χ0) is 23.7. The minimum Gasteiger partial charge on any atom is -0.443 e. The Balaban J connectivity index is 2.33. The van der Waals surface area contributed by atoms with E-state index in [1.165, 1.54) is 18.4 Å². The van der Waals surface area contributed by atoms with Gasteiger partial charge in [0.05, 0.1) is 6.54 Å². The molecule has 0 N–H and O–H groups in total. The Labute approximate surface area is 195 Å². The largest absolute Gasteiger partial charge is 0.443 e. The smallest absolute Gasteiger partial charge is 0.417 e. The molecule has 32 heavy (non-hydrogen) atoms. The molecule has 2 aliphatic rings. The Kier molecular flexibility index (Phi) is 10.2. The molecule has 0 bridgehead atoms. The van der Waals surface area contributed by atoms with Crippen LogP contribution in [0.5, 0.6) is 0 Å². The molecule has 1 heterocycles. The first-order chi connectivity index (χ1) is 15.1. The van der Waals surface area contributed by atoms with E-state index in [1.54, 1.807) is 4.90 Å². The average molecular weight is 448 g/mol. The number of guanidine groups is 1. The zero-order valence-corrected chi connectivity index (χ0v) is 21.3. The molecule has 1 saturated heterocycles. The number of aliphatic imine (C=N–C) groups is 1. The van der Waals surface area contributed by atoms with Gasteiger partial charge < -0.3 is 9.64 Å². The van der Waals surface area contributed by atoms with Gasteiger partial charge in [-0.15, -0.1) is 0 Å². The van der Waals surface area contributed by atoms with E-state index in [0.29, 0.717) is 32.0 Å². The monoisotopic (exact) mass is 447 g/mol. The highest BCUT2D eigenvalue weighted by Gasteiger charge is 2.43. The first-order valence-corrected chi connectivity index (χ1v) is 12.6. The molecule has 182 valence electrons. The second-order valence-electron chi connectivity index (χ2n) is 10.6. The van der Waals surface area contributed by atoms with E-state index in [0.717, 1.165) is 38.5 Å². The topological polar surface area (TPSA) is 62.2 Å². The molecular formula is C26H45N3O3. The van der Waals surface area contributed by atoms with Crippen molar-refractivity contribution in [3.63, 3.8) is 0 Å². The highest BCUT2D eigenvalue weighted by molar-refractivity contribution is 6.05. The summed E-state index contributed by atoms with van der Waals surface area (Å²) in [5.41, 5.74) is 0.826. The maximum absolute atomic E-state index is 13.3. The molecule has 0 unspecified atom stereocenters. The van der Waals surface area contributed by atoms with Gasteiger partial charge in [0.2, 0.25) is 5.96 Å². The van der Waals surface area contributed by atoms with Gasteiger partial charge in [0, 0.05) is 13.1 Å². The molecule has 1 atom stereocenters. The summed E-state index contributed by atoms with van der Waals surface area (Å²) in [6.45, 7) is 13.6. The second-order valence-corrected chi connectivity index (χ2v) is 10.6. The number of hydrogen-bond donors (Lipinski definition) is 0. The third kappa shape index (κ3) is 8.25. The molecule has 0 spiro atoms. The van der Waals surface area contributed by atoms with E-state index in [1.807, 2.05) is 25.7 Å². The predicted octanol–water partition coefficient (Wildman–Crippen LogP) is 5.96. The summed E-state index contributed by atoms with van der Waals surface area (Å²) in [6, 6.07) is -0.514. The molecule has 0 aromatic heterocycles. The molecule has 2 rings (SSSR count). The Bertz CT molecular complexity index is 691. The van der Waals surface area contributed by atoms with Crippen molar-refractivity contribution in [1.29, 1.82) is 0 Å². The van der Waals surface area contributed by atoms with Crippen molar-refractivity contribution in [2.24, 2.45) is 10.9 Å². The number of ketones is 1. The summed E-state index contributed by atoms with van der Waals surface area (Å²) in [6.07, 6.45) is 11.4. The van der Waals surface area contributed by atoms with Crippen LogP contribution in [0.15, 0.2) is 16.6 Å². The van der Waals surface area contributed by atoms with E-state index in [2.05, 4.69) is 26.8 Å². The maximum atomic E-state index is 13.3. The van der Waals surface area contributed by atoms with Crippen molar-refractivity contribution >= 4 is 17.8 Å². The van der Waals surface area contributed by atoms with Crippen LogP contribution in [-0.2, 0) is 9.53 Å². The van der Waals surface area contributed by atoms with Crippen LogP contribution in [0.4, 0.5) is 4.79 Å². The molecule has 0 radical (unpaired) electrons. The number of amides is 1. The Morgan fingerprint density at radius 1 is 1.25 bits per heavy atom. The van der Waals surface area contributed by atoms with Gasteiger partial charge in [0.25, 0.3) is 0 Å². The lowest BCUT2D eigenvalue weighted by atomic mass is 9.95. The van der Waals surface area contributed by atoms with E-state index < -0.39 is 17.7 Å². The number of hydrogen-bond acceptors (Lipinski definition) is 4. The van der Waals surface area contributed by atoms with Gasteiger partial charge in [-0.25, -0.2) is 9.69 Å². The molecule has 0 saturated carbocycles. The number of carbonyl (C=O) groups is 2. The standard InChI is InChI=1S/C26H45N3O3/c1-7-8-12-16-27-24-28(17-15-21-13-10-9-11-14-21)19-23(30)22(18-20(2)3)29(24)25(31)32-26(4,5)6/h13,20,22H,7-12,14-19H2,1-6H3/t22-/m0/s1. The lowest BCUT2D eigenvalue weighted by Gasteiger charge is -2.43. The van der Waals surface area contributed by atoms with Crippen LogP contribution in [0.3, 0.4) is 0 Å². The molecule has 0 aromatic rings. The molecule has 1 aliphatic carbocycles. The average Bonchev–Trinajstić information content (AvgIpc) is 2.71. The van der Waals surface area contributed by atoms with Crippen LogP contribution < -0.4 is 0 Å². The summed E-state index contributed by atoms with van der Waals surface area (Å²) in [7, 11) is 0. The lowest BCUT2D eigenvalue weighted by molar-refractivity contribution is -0.126. The van der Waals surface area contributed by atoms with Gasteiger partial charge in [-0.1, -0.05) is 45.3 Å². The van der Waals surface area contributed by atoms with Gasteiger partial charge in [-0.2, -0.15) is 0 Å². The maximum Gasteiger partial charge on any atom is 0.417 e. The normalized spacial score (nSPS) is 21.3. The van der Waals surface area contributed by atoms with Crippen molar-refractivity contribution in [2.45, 2.75) is 111 Å². The molecular weight excluding hydrogens is 402 g/mol. The highest BCUT2D eigenvalue weighted by Crippen LogP contribution is 2.26. The Hall–Kier alpha value is -1.85. The van der Waals surface area contributed by atoms with Gasteiger partial charge in [0.15, 0.2) is 5.78 Å². The van der Waals surface area contributed by atoms with Crippen molar-refractivity contribution in [1.82, 2.24) is 9.80 Å². The fourth-order valence-electron chi connectivity index (χ4n) is 4.31. The number of ether oxygens (including phenoxy) is 1. The number of allylic oxidation sites excluding steroid dienone is 1. The van der Waals surface area contributed by atoms with Gasteiger partial charge in [0.1, 0.15) is 11.6 Å². The minimum absolute atomic E-state index is 0.0784. The van der Waals surface area contributed by atoms with Crippen molar-refractivity contribution in [3.05, 3.63) is 11.6 Å². The fraction of sp³-hybridized carbons (Fsp3) is 0.808. The molecule has 6 heteroatoms. The quantitative estimate of drug-likeness (QED) is 0.323. The highest BCUT2D eigenvalue weighted by atomic mass is 16.6. The molecule has 1 amide bonds. The summed E-state index contributed by atoms with van der Waals surface area (Å²) in [5, 5.41) is 0. The first kappa shape index (κ1) is 26.4. The number of carbonyl (C=O) groups excluding carboxylic acids is 2.